The van der Waals surface area contributed by atoms with E-state index < -0.39 is 0 Å². The van der Waals surface area contributed by atoms with E-state index in [1.807, 2.05) is 0 Å². The van der Waals surface area contributed by atoms with Gasteiger partial charge in [-0.25, -0.2) is 0 Å². The van der Waals surface area contributed by atoms with Crippen LogP contribution in [0.4, 0.5) is 0 Å². The van der Waals surface area contributed by atoms with Crippen molar-refractivity contribution in [1.29, 1.82) is 0 Å². The van der Waals surface area contributed by atoms with E-state index in [-0.39, 0.29) is 11.8 Å². The first-order chi connectivity index (χ1) is 12.1. The van der Waals surface area contributed by atoms with E-state index in [9.17, 15) is 9.59 Å². The highest BCUT2D eigenvalue weighted by Gasteiger charge is 2.11. The third-order valence-electron chi connectivity index (χ3n) is 4.39. The number of hydrogen-bond donors (Lipinski definition) is 2. The molecule has 0 radical (unpaired) electrons. The standard InChI is InChI=1S/C20H29N3O2/c1-15(2)8-10-22-19(24)17-12-18(14-21-13-17)20(25)23-11-9-16-6-4-3-5-7-16/h6,12-15H,3-5,7-11H2,1-2H3,(H,22,24)(H,23,25). The summed E-state index contributed by atoms with van der Waals surface area (Å²) in [5, 5.41) is 5.78. The van der Waals surface area contributed by atoms with E-state index in [0.29, 0.717) is 30.1 Å². The lowest BCUT2D eigenvalue weighted by Gasteiger charge is -2.13. The fourth-order valence-electron chi connectivity index (χ4n) is 2.84. The predicted molar refractivity (Wildman–Crippen MR) is 99.5 cm³/mol. The number of nitrogens with zero attached hydrogens (tertiary/aromatic N) is 1. The summed E-state index contributed by atoms with van der Waals surface area (Å²) in [4.78, 5) is 28.4. The molecule has 0 spiro atoms. The van der Waals surface area contributed by atoms with E-state index in [1.54, 1.807) is 6.07 Å². The van der Waals surface area contributed by atoms with Crippen molar-refractivity contribution < 1.29 is 9.59 Å². The molecule has 136 valence electrons. The van der Waals surface area contributed by atoms with E-state index >= 15 is 0 Å². The Morgan fingerprint density at radius 2 is 1.76 bits per heavy atom. The number of pyridine rings is 1. The quantitative estimate of drug-likeness (QED) is 0.710. The molecule has 5 heteroatoms. The Kier molecular flexibility index (Phi) is 7.64. The van der Waals surface area contributed by atoms with Crippen molar-refractivity contribution in [2.75, 3.05) is 13.1 Å². The highest BCUT2D eigenvalue weighted by Crippen LogP contribution is 2.19. The minimum absolute atomic E-state index is 0.180. The van der Waals surface area contributed by atoms with Crippen LogP contribution in [0.1, 0.15) is 73.1 Å². The smallest absolute Gasteiger partial charge is 0.252 e. The van der Waals surface area contributed by atoms with Crippen molar-refractivity contribution in [2.45, 2.75) is 52.4 Å². The highest BCUT2D eigenvalue weighted by molar-refractivity contribution is 5.99. The Labute approximate surface area is 150 Å². The maximum atomic E-state index is 12.3. The minimum Gasteiger partial charge on any atom is -0.352 e. The molecule has 0 aromatic carbocycles. The van der Waals surface area contributed by atoms with Gasteiger partial charge in [0.15, 0.2) is 0 Å². The van der Waals surface area contributed by atoms with Gasteiger partial charge in [0.1, 0.15) is 0 Å². The molecule has 0 unspecified atom stereocenters. The Balaban J connectivity index is 1.83. The normalized spacial score (nSPS) is 14.1. The summed E-state index contributed by atoms with van der Waals surface area (Å²) < 4.78 is 0. The minimum atomic E-state index is -0.185. The zero-order chi connectivity index (χ0) is 18.1. The molecule has 2 amide bonds. The number of carbonyl (C=O) groups excluding carboxylic acids is 2. The van der Waals surface area contributed by atoms with Crippen LogP contribution in [0.15, 0.2) is 30.1 Å². The molecular formula is C20H29N3O2. The van der Waals surface area contributed by atoms with Gasteiger partial charge in [0.25, 0.3) is 11.8 Å². The Morgan fingerprint density at radius 1 is 1.08 bits per heavy atom. The van der Waals surface area contributed by atoms with Crippen LogP contribution in [0.3, 0.4) is 0 Å². The molecule has 5 nitrogen and oxygen atoms in total. The maximum Gasteiger partial charge on any atom is 0.252 e. The molecule has 0 aliphatic heterocycles. The summed E-state index contributed by atoms with van der Waals surface area (Å²) >= 11 is 0. The Morgan fingerprint density at radius 3 is 2.36 bits per heavy atom. The second kappa shape index (κ2) is 9.97. The summed E-state index contributed by atoms with van der Waals surface area (Å²) in [6, 6.07) is 1.60. The van der Waals surface area contributed by atoms with Gasteiger partial charge in [0, 0.05) is 25.5 Å². The van der Waals surface area contributed by atoms with Crippen LogP contribution < -0.4 is 10.6 Å². The number of amides is 2. The van der Waals surface area contributed by atoms with E-state index in [1.165, 1.54) is 30.8 Å². The van der Waals surface area contributed by atoms with Gasteiger partial charge < -0.3 is 10.6 Å². The summed E-state index contributed by atoms with van der Waals surface area (Å²) in [6.45, 7) is 5.47. The molecule has 1 heterocycles. The van der Waals surface area contributed by atoms with Crippen molar-refractivity contribution in [1.82, 2.24) is 15.6 Å². The third-order valence-corrected chi connectivity index (χ3v) is 4.39. The molecule has 0 bridgehead atoms. The predicted octanol–water partition coefficient (Wildman–Crippen LogP) is 3.48. The second-order valence-corrected chi connectivity index (χ2v) is 7.01. The lowest BCUT2D eigenvalue weighted by Crippen LogP contribution is -2.27. The summed E-state index contributed by atoms with van der Waals surface area (Å²) in [7, 11) is 0. The molecule has 0 atom stereocenters. The zero-order valence-corrected chi connectivity index (χ0v) is 15.3. The van der Waals surface area contributed by atoms with E-state index in [2.05, 4.69) is 35.5 Å². The van der Waals surface area contributed by atoms with Crippen molar-refractivity contribution in [3.05, 3.63) is 41.2 Å². The zero-order valence-electron chi connectivity index (χ0n) is 15.3. The van der Waals surface area contributed by atoms with Gasteiger partial charge in [-0.3, -0.25) is 14.6 Å². The first kappa shape index (κ1) is 19.2. The third kappa shape index (κ3) is 6.69. The lowest BCUT2D eigenvalue weighted by molar-refractivity contribution is 0.0951. The van der Waals surface area contributed by atoms with Crippen molar-refractivity contribution in [3.8, 4) is 0 Å². The fourth-order valence-corrected chi connectivity index (χ4v) is 2.84. The van der Waals surface area contributed by atoms with Crippen LogP contribution in [0.2, 0.25) is 0 Å². The van der Waals surface area contributed by atoms with Crippen LogP contribution in [0, 0.1) is 5.92 Å². The number of nitrogens with one attached hydrogen (secondary N) is 2. The Hall–Kier alpha value is -2.17. The average molecular weight is 343 g/mol. The SMILES string of the molecule is CC(C)CCNC(=O)c1cncc(C(=O)NCCC2=CCCCC2)c1. The lowest BCUT2D eigenvalue weighted by atomic mass is 9.97. The van der Waals surface area contributed by atoms with Crippen molar-refractivity contribution in [3.63, 3.8) is 0 Å². The second-order valence-electron chi connectivity index (χ2n) is 7.01. The number of rotatable bonds is 8. The number of aromatic nitrogens is 1. The van der Waals surface area contributed by atoms with Gasteiger partial charge in [-0.1, -0.05) is 25.5 Å². The molecule has 1 aliphatic carbocycles. The largest absolute Gasteiger partial charge is 0.352 e. The fraction of sp³-hybridized carbons (Fsp3) is 0.550. The molecule has 2 rings (SSSR count). The van der Waals surface area contributed by atoms with Crippen LogP contribution in [0.25, 0.3) is 0 Å². The van der Waals surface area contributed by atoms with Gasteiger partial charge in [-0.2, -0.15) is 0 Å². The maximum absolute atomic E-state index is 12.3. The molecule has 1 aromatic heterocycles. The van der Waals surface area contributed by atoms with Gasteiger partial charge in [0.2, 0.25) is 0 Å². The number of allylic oxidation sites excluding steroid dienone is 1. The molecule has 2 N–H and O–H groups in total. The summed E-state index contributed by atoms with van der Waals surface area (Å²) in [5.74, 6) is 0.172. The molecular weight excluding hydrogens is 314 g/mol. The first-order valence-corrected chi connectivity index (χ1v) is 9.25. The topological polar surface area (TPSA) is 71.1 Å². The molecule has 0 fully saturated rings. The van der Waals surface area contributed by atoms with Crippen molar-refractivity contribution >= 4 is 11.8 Å². The van der Waals surface area contributed by atoms with Gasteiger partial charge >= 0.3 is 0 Å². The van der Waals surface area contributed by atoms with Gasteiger partial charge in [0.05, 0.1) is 11.1 Å². The molecule has 0 saturated carbocycles. The summed E-state index contributed by atoms with van der Waals surface area (Å²) in [6.07, 6.45) is 11.9. The first-order valence-electron chi connectivity index (χ1n) is 9.25. The highest BCUT2D eigenvalue weighted by atomic mass is 16.2. The monoisotopic (exact) mass is 343 g/mol. The van der Waals surface area contributed by atoms with Crippen molar-refractivity contribution in [2.24, 2.45) is 5.92 Å². The van der Waals surface area contributed by atoms with E-state index in [0.717, 1.165) is 25.7 Å². The molecule has 0 saturated heterocycles. The molecule has 1 aromatic rings. The average Bonchev–Trinajstić information content (AvgIpc) is 2.62. The van der Waals surface area contributed by atoms with Gasteiger partial charge in [-0.05, 0) is 50.5 Å². The van der Waals surface area contributed by atoms with Crippen LogP contribution in [-0.2, 0) is 0 Å². The van der Waals surface area contributed by atoms with Crippen LogP contribution in [0.5, 0.6) is 0 Å². The number of hydrogen-bond acceptors (Lipinski definition) is 3. The van der Waals surface area contributed by atoms with Crippen LogP contribution in [-0.4, -0.2) is 29.9 Å². The Bertz CT molecular complexity index is 623. The molecule has 1 aliphatic rings. The van der Waals surface area contributed by atoms with E-state index in [4.69, 9.17) is 0 Å². The summed E-state index contributed by atoms with van der Waals surface area (Å²) in [5.41, 5.74) is 2.28. The van der Waals surface area contributed by atoms with Crippen LogP contribution >= 0.6 is 0 Å². The molecule has 25 heavy (non-hydrogen) atoms. The number of carbonyl (C=O) groups is 2. The van der Waals surface area contributed by atoms with Gasteiger partial charge in [-0.15, -0.1) is 0 Å².